The van der Waals surface area contributed by atoms with Gasteiger partial charge in [-0.05, 0) is 35.4 Å². The van der Waals surface area contributed by atoms with Crippen LogP contribution in [-0.2, 0) is 6.42 Å². The zero-order valence-corrected chi connectivity index (χ0v) is 9.86. The van der Waals surface area contributed by atoms with E-state index >= 15 is 0 Å². The first-order valence-electron chi connectivity index (χ1n) is 5.33. The van der Waals surface area contributed by atoms with Crippen LogP contribution in [0.5, 0.6) is 0 Å². The van der Waals surface area contributed by atoms with Gasteiger partial charge in [-0.25, -0.2) is 4.39 Å². The molecule has 1 N–H and O–H groups in total. The number of halogens is 2. The Bertz CT molecular complexity index is 513. The van der Waals surface area contributed by atoms with Gasteiger partial charge in [0.15, 0.2) is 0 Å². The summed E-state index contributed by atoms with van der Waals surface area (Å²) >= 11 is 5.85. The second-order valence-electron chi connectivity index (χ2n) is 3.90. The molecule has 0 heterocycles. The smallest absolute Gasteiger partial charge is 0.123 e. The van der Waals surface area contributed by atoms with Gasteiger partial charge in [-0.1, -0.05) is 35.9 Å². The molecule has 0 aliphatic carbocycles. The summed E-state index contributed by atoms with van der Waals surface area (Å²) in [7, 11) is 0. The van der Waals surface area contributed by atoms with Gasteiger partial charge >= 0.3 is 0 Å². The number of rotatable bonds is 3. The van der Waals surface area contributed by atoms with Crippen molar-refractivity contribution in [1.29, 1.82) is 0 Å². The summed E-state index contributed by atoms with van der Waals surface area (Å²) < 4.78 is 13.0. The molecule has 0 spiro atoms. The lowest BCUT2D eigenvalue weighted by Crippen LogP contribution is -2.01. The molecule has 17 heavy (non-hydrogen) atoms. The third kappa shape index (κ3) is 3.29. The van der Waals surface area contributed by atoms with E-state index in [1.165, 1.54) is 12.1 Å². The number of aliphatic hydroxyl groups excluding tert-OH is 1. The SMILES string of the molecule is OC(Cc1cccc(F)c1)c1cccc(Cl)c1. The molecule has 3 heteroatoms. The summed E-state index contributed by atoms with van der Waals surface area (Å²) in [5.41, 5.74) is 1.50. The van der Waals surface area contributed by atoms with Gasteiger partial charge < -0.3 is 5.11 Å². The van der Waals surface area contributed by atoms with Gasteiger partial charge in [0.2, 0.25) is 0 Å². The Kier molecular flexibility index (Phi) is 3.77. The van der Waals surface area contributed by atoms with Crippen LogP contribution in [0.25, 0.3) is 0 Å². The van der Waals surface area contributed by atoms with Crippen molar-refractivity contribution in [2.24, 2.45) is 0 Å². The standard InChI is InChI=1S/C14H12ClFO/c15-12-5-2-4-11(9-12)14(17)8-10-3-1-6-13(16)7-10/h1-7,9,14,17H,8H2. The van der Waals surface area contributed by atoms with E-state index in [0.717, 1.165) is 11.1 Å². The molecule has 0 bridgehead atoms. The Morgan fingerprint density at radius 1 is 1.12 bits per heavy atom. The van der Waals surface area contributed by atoms with E-state index in [9.17, 15) is 9.50 Å². The highest BCUT2D eigenvalue weighted by Gasteiger charge is 2.09. The monoisotopic (exact) mass is 250 g/mol. The molecule has 88 valence electrons. The number of aliphatic hydroxyl groups is 1. The van der Waals surface area contributed by atoms with Gasteiger partial charge in [0.1, 0.15) is 5.82 Å². The average molecular weight is 251 g/mol. The molecule has 1 nitrogen and oxygen atoms in total. The molecular formula is C14H12ClFO. The van der Waals surface area contributed by atoms with Crippen LogP contribution in [0.3, 0.4) is 0 Å². The molecule has 0 saturated carbocycles. The van der Waals surface area contributed by atoms with Crippen molar-refractivity contribution in [3.8, 4) is 0 Å². The van der Waals surface area contributed by atoms with Crippen molar-refractivity contribution >= 4 is 11.6 Å². The maximum atomic E-state index is 13.0. The summed E-state index contributed by atoms with van der Waals surface area (Å²) in [5.74, 6) is -0.291. The van der Waals surface area contributed by atoms with Gasteiger partial charge in [0.05, 0.1) is 6.10 Å². The summed E-state index contributed by atoms with van der Waals surface area (Å²) in [6.45, 7) is 0. The van der Waals surface area contributed by atoms with Crippen molar-refractivity contribution in [2.75, 3.05) is 0 Å². The highest BCUT2D eigenvalue weighted by atomic mass is 35.5. The number of hydrogen-bond acceptors (Lipinski definition) is 1. The van der Waals surface area contributed by atoms with E-state index in [1.54, 1.807) is 36.4 Å². The van der Waals surface area contributed by atoms with Crippen LogP contribution >= 0.6 is 11.6 Å². The fraction of sp³-hybridized carbons (Fsp3) is 0.143. The van der Waals surface area contributed by atoms with Crippen LogP contribution in [0.2, 0.25) is 5.02 Å². The first-order chi connectivity index (χ1) is 8.15. The summed E-state index contributed by atoms with van der Waals surface area (Å²) in [6.07, 6.45) is -0.298. The van der Waals surface area contributed by atoms with E-state index in [0.29, 0.717) is 11.4 Å². The summed E-state index contributed by atoms with van der Waals surface area (Å²) in [4.78, 5) is 0. The van der Waals surface area contributed by atoms with E-state index in [4.69, 9.17) is 11.6 Å². The molecule has 0 radical (unpaired) electrons. The lowest BCUT2D eigenvalue weighted by molar-refractivity contribution is 0.178. The normalized spacial score (nSPS) is 12.4. The maximum Gasteiger partial charge on any atom is 0.123 e. The molecule has 2 aromatic rings. The minimum Gasteiger partial charge on any atom is -0.388 e. The van der Waals surface area contributed by atoms with Crippen LogP contribution in [0.15, 0.2) is 48.5 Å². The van der Waals surface area contributed by atoms with Crippen molar-refractivity contribution < 1.29 is 9.50 Å². The quantitative estimate of drug-likeness (QED) is 0.880. The third-order valence-corrected chi connectivity index (χ3v) is 2.79. The molecule has 2 aromatic carbocycles. The Balaban J connectivity index is 2.14. The van der Waals surface area contributed by atoms with Crippen molar-refractivity contribution in [1.82, 2.24) is 0 Å². The highest BCUT2D eigenvalue weighted by molar-refractivity contribution is 6.30. The lowest BCUT2D eigenvalue weighted by atomic mass is 10.0. The minimum absolute atomic E-state index is 0.291. The lowest BCUT2D eigenvalue weighted by Gasteiger charge is -2.11. The molecule has 0 aliphatic rings. The largest absolute Gasteiger partial charge is 0.388 e. The van der Waals surface area contributed by atoms with Crippen molar-refractivity contribution in [3.05, 3.63) is 70.5 Å². The van der Waals surface area contributed by atoms with Crippen LogP contribution in [0.1, 0.15) is 17.2 Å². The Hall–Kier alpha value is -1.38. The molecule has 0 saturated heterocycles. The van der Waals surface area contributed by atoms with Crippen LogP contribution in [0, 0.1) is 5.82 Å². The highest BCUT2D eigenvalue weighted by Crippen LogP contribution is 2.21. The van der Waals surface area contributed by atoms with Crippen molar-refractivity contribution in [2.45, 2.75) is 12.5 Å². The minimum atomic E-state index is -0.671. The fourth-order valence-corrected chi connectivity index (χ4v) is 1.92. The van der Waals surface area contributed by atoms with Crippen LogP contribution in [-0.4, -0.2) is 5.11 Å². The third-order valence-electron chi connectivity index (χ3n) is 2.55. The zero-order valence-electron chi connectivity index (χ0n) is 9.11. The summed E-state index contributed by atoms with van der Waals surface area (Å²) in [5, 5.41) is 10.6. The van der Waals surface area contributed by atoms with E-state index in [2.05, 4.69) is 0 Å². The molecule has 2 rings (SSSR count). The molecule has 0 fully saturated rings. The number of hydrogen-bond donors (Lipinski definition) is 1. The maximum absolute atomic E-state index is 13.0. The van der Waals surface area contributed by atoms with E-state index < -0.39 is 6.10 Å². The van der Waals surface area contributed by atoms with Crippen molar-refractivity contribution in [3.63, 3.8) is 0 Å². The number of benzene rings is 2. The van der Waals surface area contributed by atoms with Crippen LogP contribution < -0.4 is 0 Å². The van der Waals surface area contributed by atoms with Gasteiger partial charge in [-0.3, -0.25) is 0 Å². The predicted octanol–water partition coefficient (Wildman–Crippen LogP) is 3.76. The van der Waals surface area contributed by atoms with E-state index in [-0.39, 0.29) is 5.82 Å². The molecular weight excluding hydrogens is 239 g/mol. The first-order valence-corrected chi connectivity index (χ1v) is 5.71. The second kappa shape index (κ2) is 5.30. The summed E-state index contributed by atoms with van der Waals surface area (Å²) in [6, 6.07) is 13.3. The topological polar surface area (TPSA) is 20.2 Å². The average Bonchev–Trinajstić information content (AvgIpc) is 2.29. The first kappa shape index (κ1) is 12.1. The molecule has 1 unspecified atom stereocenters. The molecule has 1 atom stereocenters. The van der Waals surface area contributed by atoms with Gasteiger partial charge in [-0.2, -0.15) is 0 Å². The van der Waals surface area contributed by atoms with E-state index in [1.807, 2.05) is 0 Å². The Morgan fingerprint density at radius 2 is 1.88 bits per heavy atom. The Labute approximate surface area is 104 Å². The predicted molar refractivity (Wildman–Crippen MR) is 66.5 cm³/mol. The van der Waals surface area contributed by atoms with Gasteiger partial charge in [0.25, 0.3) is 0 Å². The van der Waals surface area contributed by atoms with Gasteiger partial charge in [-0.15, -0.1) is 0 Å². The van der Waals surface area contributed by atoms with Crippen LogP contribution in [0.4, 0.5) is 4.39 Å². The molecule has 0 aromatic heterocycles. The fourth-order valence-electron chi connectivity index (χ4n) is 1.72. The zero-order chi connectivity index (χ0) is 12.3. The van der Waals surface area contributed by atoms with Gasteiger partial charge in [0, 0.05) is 11.4 Å². The Morgan fingerprint density at radius 3 is 2.59 bits per heavy atom. The molecule has 0 amide bonds. The molecule has 0 aliphatic heterocycles. The second-order valence-corrected chi connectivity index (χ2v) is 4.34.